The van der Waals surface area contributed by atoms with Gasteiger partial charge in [-0.1, -0.05) is 0 Å². The van der Waals surface area contributed by atoms with E-state index in [1.807, 2.05) is 20.8 Å². The third-order valence-corrected chi connectivity index (χ3v) is 2.74. The van der Waals surface area contributed by atoms with Crippen molar-refractivity contribution in [2.75, 3.05) is 32.2 Å². The Kier molecular flexibility index (Phi) is 6.75. The van der Waals surface area contributed by atoms with Crippen LogP contribution in [0, 0.1) is 6.92 Å². The van der Waals surface area contributed by atoms with Crippen LogP contribution in [0.2, 0.25) is 0 Å². The van der Waals surface area contributed by atoms with Crippen molar-refractivity contribution >= 4 is 5.95 Å². The van der Waals surface area contributed by atoms with Crippen LogP contribution in [0.4, 0.5) is 5.95 Å². The molecule has 0 aliphatic rings. The number of hydrogen-bond acceptors (Lipinski definition) is 4. The van der Waals surface area contributed by atoms with Crippen molar-refractivity contribution in [3.63, 3.8) is 0 Å². The first-order chi connectivity index (χ1) is 8.67. The van der Waals surface area contributed by atoms with Crippen molar-refractivity contribution in [2.45, 2.75) is 39.8 Å². The summed E-state index contributed by atoms with van der Waals surface area (Å²) in [6.45, 7) is 9.30. The van der Waals surface area contributed by atoms with Crippen molar-refractivity contribution in [1.29, 1.82) is 0 Å². The van der Waals surface area contributed by atoms with Crippen LogP contribution in [0.1, 0.15) is 26.0 Å². The number of nitrogens with zero attached hydrogens (tertiary/aromatic N) is 2. The third-order valence-electron chi connectivity index (χ3n) is 2.74. The largest absolute Gasteiger partial charge is 0.382 e. The van der Waals surface area contributed by atoms with Crippen LogP contribution >= 0.6 is 0 Å². The Balaban J connectivity index is 2.45. The van der Waals surface area contributed by atoms with Crippen LogP contribution in [0.3, 0.4) is 0 Å². The van der Waals surface area contributed by atoms with E-state index in [4.69, 9.17) is 9.47 Å². The van der Waals surface area contributed by atoms with Crippen molar-refractivity contribution < 1.29 is 9.47 Å². The topological polar surface area (TPSA) is 48.3 Å². The Labute approximate surface area is 109 Å². The molecular weight excluding hydrogens is 230 g/mol. The van der Waals surface area contributed by atoms with Gasteiger partial charge < -0.3 is 19.4 Å². The van der Waals surface area contributed by atoms with Gasteiger partial charge in [0.2, 0.25) is 5.95 Å². The number of ether oxygens (including phenoxy) is 2. The molecular formula is C13H25N3O2. The Morgan fingerprint density at radius 2 is 2.28 bits per heavy atom. The molecule has 1 aromatic rings. The molecule has 1 aromatic heterocycles. The predicted octanol–water partition coefficient (Wildman–Crippen LogP) is 2.06. The minimum atomic E-state index is 0.180. The number of methoxy groups -OCH3 is 1. The van der Waals surface area contributed by atoms with Gasteiger partial charge in [0, 0.05) is 39.6 Å². The van der Waals surface area contributed by atoms with Gasteiger partial charge >= 0.3 is 0 Å². The molecule has 1 heterocycles. The fourth-order valence-corrected chi connectivity index (χ4v) is 1.66. The number of nitrogens with one attached hydrogen (secondary N) is 1. The van der Waals surface area contributed by atoms with Gasteiger partial charge in [0.25, 0.3) is 0 Å². The minimum absolute atomic E-state index is 0.180. The second kappa shape index (κ2) is 8.11. The zero-order valence-corrected chi connectivity index (χ0v) is 11.9. The third kappa shape index (κ3) is 5.06. The molecule has 0 spiro atoms. The highest BCUT2D eigenvalue weighted by atomic mass is 16.5. The lowest BCUT2D eigenvalue weighted by Gasteiger charge is -2.13. The standard InChI is InChI=1S/C13H25N3O2/c1-5-18-8-6-7-16-10-11(2)15-13(16)14-9-12(3)17-4/h10,12H,5-9H2,1-4H3,(H,14,15). The van der Waals surface area contributed by atoms with Gasteiger partial charge in [0.1, 0.15) is 0 Å². The van der Waals surface area contributed by atoms with E-state index in [-0.39, 0.29) is 6.10 Å². The Morgan fingerprint density at radius 3 is 2.94 bits per heavy atom. The van der Waals surface area contributed by atoms with E-state index in [0.717, 1.165) is 44.4 Å². The first kappa shape index (κ1) is 15.0. The summed E-state index contributed by atoms with van der Waals surface area (Å²) in [6, 6.07) is 0. The zero-order chi connectivity index (χ0) is 13.4. The molecule has 1 atom stereocenters. The maximum atomic E-state index is 5.34. The molecule has 0 fully saturated rings. The Hall–Kier alpha value is -1.07. The maximum Gasteiger partial charge on any atom is 0.203 e. The molecule has 1 unspecified atom stereocenters. The van der Waals surface area contributed by atoms with Gasteiger partial charge in [-0.25, -0.2) is 4.98 Å². The number of aryl methyl sites for hydroxylation is 2. The number of rotatable bonds is 9. The van der Waals surface area contributed by atoms with Gasteiger partial charge in [0.05, 0.1) is 11.8 Å². The molecule has 0 bridgehead atoms. The molecule has 5 nitrogen and oxygen atoms in total. The molecule has 1 rings (SSSR count). The van der Waals surface area contributed by atoms with E-state index in [2.05, 4.69) is 21.1 Å². The van der Waals surface area contributed by atoms with Crippen LogP contribution in [-0.2, 0) is 16.0 Å². The average Bonchev–Trinajstić information content (AvgIpc) is 2.72. The summed E-state index contributed by atoms with van der Waals surface area (Å²) in [7, 11) is 1.71. The van der Waals surface area contributed by atoms with Gasteiger partial charge in [0.15, 0.2) is 0 Å². The molecule has 0 saturated heterocycles. The molecule has 0 radical (unpaired) electrons. The molecule has 0 aliphatic carbocycles. The highest BCUT2D eigenvalue weighted by molar-refractivity contribution is 5.28. The normalized spacial score (nSPS) is 12.7. The summed E-state index contributed by atoms with van der Waals surface area (Å²) < 4.78 is 12.7. The lowest BCUT2D eigenvalue weighted by Crippen LogP contribution is -2.20. The van der Waals surface area contributed by atoms with Crippen LogP contribution < -0.4 is 5.32 Å². The predicted molar refractivity (Wildman–Crippen MR) is 73.0 cm³/mol. The lowest BCUT2D eigenvalue weighted by atomic mass is 10.4. The summed E-state index contributed by atoms with van der Waals surface area (Å²) in [5.74, 6) is 0.910. The smallest absolute Gasteiger partial charge is 0.203 e. The maximum absolute atomic E-state index is 5.34. The van der Waals surface area contributed by atoms with Crippen molar-refractivity contribution in [2.24, 2.45) is 0 Å². The molecule has 0 aromatic carbocycles. The fourth-order valence-electron chi connectivity index (χ4n) is 1.66. The summed E-state index contributed by atoms with van der Waals surface area (Å²) in [5.41, 5.74) is 1.03. The van der Waals surface area contributed by atoms with Crippen LogP contribution in [0.25, 0.3) is 0 Å². The molecule has 104 valence electrons. The minimum Gasteiger partial charge on any atom is -0.382 e. The molecule has 0 amide bonds. The summed E-state index contributed by atoms with van der Waals surface area (Å²) >= 11 is 0. The van der Waals surface area contributed by atoms with Crippen LogP contribution in [-0.4, -0.2) is 42.5 Å². The highest BCUT2D eigenvalue weighted by Gasteiger charge is 2.06. The van der Waals surface area contributed by atoms with Crippen molar-refractivity contribution in [1.82, 2.24) is 9.55 Å². The van der Waals surface area contributed by atoms with E-state index >= 15 is 0 Å². The first-order valence-electron chi connectivity index (χ1n) is 6.55. The second-order valence-electron chi connectivity index (χ2n) is 4.38. The first-order valence-corrected chi connectivity index (χ1v) is 6.55. The zero-order valence-electron chi connectivity index (χ0n) is 11.9. The average molecular weight is 255 g/mol. The SMILES string of the molecule is CCOCCCn1cc(C)nc1NCC(C)OC. The highest BCUT2D eigenvalue weighted by Crippen LogP contribution is 2.09. The van der Waals surface area contributed by atoms with Gasteiger partial charge in [-0.2, -0.15) is 0 Å². The van der Waals surface area contributed by atoms with E-state index in [1.54, 1.807) is 7.11 Å². The molecule has 0 aliphatic heterocycles. The fraction of sp³-hybridized carbons (Fsp3) is 0.769. The second-order valence-corrected chi connectivity index (χ2v) is 4.38. The van der Waals surface area contributed by atoms with Gasteiger partial charge in [-0.15, -0.1) is 0 Å². The van der Waals surface area contributed by atoms with Crippen LogP contribution in [0.5, 0.6) is 0 Å². The van der Waals surface area contributed by atoms with Gasteiger partial charge in [-0.3, -0.25) is 0 Å². The van der Waals surface area contributed by atoms with Crippen molar-refractivity contribution in [3.8, 4) is 0 Å². The Morgan fingerprint density at radius 1 is 1.50 bits per heavy atom. The number of anilines is 1. The molecule has 5 heteroatoms. The van der Waals surface area contributed by atoms with E-state index < -0.39 is 0 Å². The van der Waals surface area contributed by atoms with Gasteiger partial charge in [-0.05, 0) is 27.2 Å². The summed E-state index contributed by atoms with van der Waals surface area (Å²) in [4.78, 5) is 4.47. The van der Waals surface area contributed by atoms with E-state index in [0.29, 0.717) is 0 Å². The van der Waals surface area contributed by atoms with Crippen LogP contribution in [0.15, 0.2) is 6.20 Å². The molecule has 18 heavy (non-hydrogen) atoms. The molecule has 1 N–H and O–H groups in total. The summed E-state index contributed by atoms with van der Waals surface area (Å²) in [5, 5.41) is 3.31. The number of aromatic nitrogens is 2. The summed E-state index contributed by atoms with van der Waals surface area (Å²) in [6.07, 6.45) is 3.24. The van der Waals surface area contributed by atoms with E-state index in [1.165, 1.54) is 0 Å². The van der Waals surface area contributed by atoms with E-state index in [9.17, 15) is 0 Å². The number of imidazole rings is 1. The molecule has 0 saturated carbocycles. The Bertz CT molecular complexity index is 339. The number of hydrogen-bond donors (Lipinski definition) is 1. The monoisotopic (exact) mass is 255 g/mol. The lowest BCUT2D eigenvalue weighted by molar-refractivity contribution is 0.128. The van der Waals surface area contributed by atoms with Crippen molar-refractivity contribution in [3.05, 3.63) is 11.9 Å². The quantitative estimate of drug-likeness (QED) is 0.686.